The molecular formula is C32H41N7O5S. The lowest BCUT2D eigenvalue weighted by molar-refractivity contribution is -0.117. The third-order valence-electron chi connectivity index (χ3n) is 8.02. The van der Waals surface area contributed by atoms with Gasteiger partial charge in [-0.25, -0.2) is 18.4 Å². The SMILES string of the molecule is COC1=CC(C)(OC)CC(Nc2nc3ccccc3nc2NS(=O)(=O)c2cccc(NC(=O)CN3CCN(C(C)C)CC3)c2)=C1. The van der Waals surface area contributed by atoms with Crippen LogP contribution in [0.5, 0.6) is 0 Å². The molecule has 2 aromatic carbocycles. The summed E-state index contributed by atoms with van der Waals surface area (Å²) in [4.78, 5) is 26.6. The maximum Gasteiger partial charge on any atom is 0.263 e. The number of nitrogens with one attached hydrogen (secondary N) is 3. The van der Waals surface area contributed by atoms with Crippen LogP contribution in [0.3, 0.4) is 0 Å². The summed E-state index contributed by atoms with van der Waals surface area (Å²) in [7, 11) is -0.940. The Labute approximate surface area is 264 Å². The number of carbonyl (C=O) groups excluding carboxylic acids is 1. The molecule has 45 heavy (non-hydrogen) atoms. The van der Waals surface area contributed by atoms with Gasteiger partial charge in [0.2, 0.25) is 5.91 Å². The minimum Gasteiger partial charge on any atom is -0.497 e. The molecule has 3 N–H and O–H groups in total. The van der Waals surface area contributed by atoms with Crippen LogP contribution in [0.1, 0.15) is 27.2 Å². The van der Waals surface area contributed by atoms with E-state index >= 15 is 0 Å². The summed E-state index contributed by atoms with van der Waals surface area (Å²) >= 11 is 0. The van der Waals surface area contributed by atoms with Gasteiger partial charge in [0.05, 0.1) is 35.2 Å². The van der Waals surface area contributed by atoms with Crippen LogP contribution < -0.4 is 15.4 Å². The third-order valence-corrected chi connectivity index (χ3v) is 9.36. The van der Waals surface area contributed by atoms with Gasteiger partial charge < -0.3 is 20.1 Å². The fourth-order valence-electron chi connectivity index (χ4n) is 5.40. The molecule has 0 saturated carbocycles. The van der Waals surface area contributed by atoms with Crippen molar-refractivity contribution in [2.45, 2.75) is 43.7 Å². The number of fused-ring (bicyclic) bond motifs is 1. The predicted molar refractivity (Wildman–Crippen MR) is 175 cm³/mol. The van der Waals surface area contributed by atoms with E-state index in [1.165, 1.54) is 12.1 Å². The molecule has 12 nitrogen and oxygen atoms in total. The van der Waals surface area contributed by atoms with E-state index in [0.717, 1.165) is 26.2 Å². The highest BCUT2D eigenvalue weighted by molar-refractivity contribution is 7.92. The van der Waals surface area contributed by atoms with Crippen molar-refractivity contribution in [1.29, 1.82) is 0 Å². The number of methoxy groups -OCH3 is 2. The van der Waals surface area contributed by atoms with Crippen molar-refractivity contribution >= 4 is 44.3 Å². The van der Waals surface area contributed by atoms with Gasteiger partial charge in [0.1, 0.15) is 5.76 Å². The van der Waals surface area contributed by atoms with E-state index in [9.17, 15) is 13.2 Å². The minimum atomic E-state index is -4.13. The Morgan fingerprint density at radius 3 is 2.33 bits per heavy atom. The number of para-hydroxylation sites is 2. The Balaban J connectivity index is 1.35. The smallest absolute Gasteiger partial charge is 0.263 e. The third kappa shape index (κ3) is 7.98. The molecule has 5 rings (SSSR count). The van der Waals surface area contributed by atoms with Crippen LogP contribution in [-0.2, 0) is 24.3 Å². The van der Waals surface area contributed by atoms with Crippen molar-refractivity contribution in [2.75, 3.05) is 62.3 Å². The van der Waals surface area contributed by atoms with Gasteiger partial charge in [-0.2, -0.15) is 0 Å². The zero-order valence-electron chi connectivity index (χ0n) is 26.3. The van der Waals surface area contributed by atoms with Gasteiger partial charge in [-0.3, -0.25) is 19.3 Å². The van der Waals surface area contributed by atoms with Crippen molar-refractivity contribution in [3.8, 4) is 0 Å². The lowest BCUT2D eigenvalue weighted by Crippen LogP contribution is -2.50. The number of hydrogen-bond acceptors (Lipinski definition) is 10. The van der Waals surface area contributed by atoms with E-state index in [-0.39, 0.29) is 29.0 Å². The Kier molecular flexibility index (Phi) is 9.73. The molecule has 1 aliphatic heterocycles. The van der Waals surface area contributed by atoms with Crippen molar-refractivity contribution in [1.82, 2.24) is 19.8 Å². The number of amides is 1. The van der Waals surface area contributed by atoms with E-state index in [2.05, 4.69) is 44.0 Å². The predicted octanol–water partition coefficient (Wildman–Crippen LogP) is 4.03. The number of anilines is 3. The average molecular weight is 636 g/mol. The Morgan fingerprint density at radius 2 is 1.69 bits per heavy atom. The number of piperazine rings is 1. The molecule has 1 saturated heterocycles. The van der Waals surface area contributed by atoms with Gasteiger partial charge in [-0.1, -0.05) is 18.2 Å². The van der Waals surface area contributed by atoms with Crippen molar-refractivity contribution in [3.63, 3.8) is 0 Å². The summed E-state index contributed by atoms with van der Waals surface area (Å²) in [5.74, 6) is 0.648. The quantitative estimate of drug-likeness (QED) is 0.283. The first-order valence-corrected chi connectivity index (χ1v) is 16.4. The average Bonchev–Trinajstić information content (AvgIpc) is 3.01. The largest absolute Gasteiger partial charge is 0.497 e. The molecule has 1 amide bonds. The van der Waals surface area contributed by atoms with Crippen molar-refractivity contribution in [3.05, 3.63) is 72.1 Å². The fraction of sp³-hybridized carbons (Fsp3) is 0.406. The number of nitrogens with zero attached hydrogens (tertiary/aromatic N) is 4. The van der Waals surface area contributed by atoms with Crippen LogP contribution in [0.25, 0.3) is 11.0 Å². The normalized spacial score (nSPS) is 19.6. The topological polar surface area (TPSA) is 138 Å². The molecule has 1 unspecified atom stereocenters. The maximum absolute atomic E-state index is 13.7. The first-order chi connectivity index (χ1) is 21.5. The number of allylic oxidation sites excluding steroid dienone is 1. The Morgan fingerprint density at radius 1 is 1.00 bits per heavy atom. The number of rotatable bonds is 11. The van der Waals surface area contributed by atoms with E-state index in [0.29, 0.717) is 40.6 Å². The monoisotopic (exact) mass is 635 g/mol. The van der Waals surface area contributed by atoms with Crippen LogP contribution in [0.15, 0.2) is 77.0 Å². The second-order valence-corrected chi connectivity index (χ2v) is 13.4. The van der Waals surface area contributed by atoms with Crippen molar-refractivity contribution in [2.24, 2.45) is 0 Å². The molecule has 1 fully saturated rings. The second-order valence-electron chi connectivity index (χ2n) is 11.7. The van der Waals surface area contributed by atoms with Crippen LogP contribution in [0.4, 0.5) is 17.3 Å². The van der Waals surface area contributed by atoms with Gasteiger partial charge in [0.15, 0.2) is 11.6 Å². The summed E-state index contributed by atoms with van der Waals surface area (Å²) in [6, 6.07) is 13.8. The van der Waals surface area contributed by atoms with Crippen LogP contribution in [0, 0.1) is 0 Å². The molecule has 3 aromatic rings. The summed E-state index contributed by atoms with van der Waals surface area (Å²) in [5.41, 5.74) is 1.56. The number of benzene rings is 2. The number of ether oxygens (including phenoxy) is 2. The first-order valence-electron chi connectivity index (χ1n) is 14.9. The summed E-state index contributed by atoms with van der Waals surface area (Å²) in [6.45, 7) is 9.93. The van der Waals surface area contributed by atoms with Gasteiger partial charge in [-0.05, 0) is 63.3 Å². The highest BCUT2D eigenvalue weighted by atomic mass is 32.2. The van der Waals surface area contributed by atoms with Crippen LogP contribution in [0.2, 0.25) is 0 Å². The number of carbonyl (C=O) groups is 1. The van der Waals surface area contributed by atoms with Crippen LogP contribution in [-0.4, -0.2) is 92.7 Å². The van der Waals surface area contributed by atoms with Gasteiger partial charge >= 0.3 is 0 Å². The Hall–Kier alpha value is -4.04. The number of aromatic nitrogens is 2. The lowest BCUT2D eigenvalue weighted by atomic mass is 9.94. The molecule has 1 aliphatic carbocycles. The Bertz CT molecular complexity index is 1720. The maximum atomic E-state index is 13.7. The lowest BCUT2D eigenvalue weighted by Gasteiger charge is -2.36. The van der Waals surface area contributed by atoms with E-state index in [1.54, 1.807) is 38.5 Å². The zero-order valence-corrected chi connectivity index (χ0v) is 27.1. The molecule has 240 valence electrons. The zero-order chi connectivity index (χ0) is 32.2. The summed E-state index contributed by atoms with van der Waals surface area (Å²) < 4.78 is 41.1. The molecule has 2 heterocycles. The molecule has 1 atom stereocenters. The molecule has 2 aliphatic rings. The first kappa shape index (κ1) is 32.4. The standard InChI is InChI=1S/C32H41N7O5S/c1-22(2)39-15-13-38(14-16-39)21-29(40)33-23-9-8-10-26(18-23)45(41,42)37-31-30(35-27-11-6-7-12-28(27)36-31)34-24-17-25(43-4)20-32(3,19-24)44-5/h6-12,17-18,20,22H,13-16,19,21H2,1-5H3,(H,33,40)(H,34,35)(H,36,37). The second kappa shape index (κ2) is 13.5. The van der Waals surface area contributed by atoms with Gasteiger partial charge in [0.25, 0.3) is 10.0 Å². The van der Waals surface area contributed by atoms with Crippen molar-refractivity contribution < 1.29 is 22.7 Å². The highest BCUT2D eigenvalue weighted by Crippen LogP contribution is 2.32. The molecule has 0 spiro atoms. The van der Waals surface area contributed by atoms with E-state index in [1.807, 2.05) is 31.2 Å². The minimum absolute atomic E-state index is 0.0252. The highest BCUT2D eigenvalue weighted by Gasteiger charge is 2.29. The van der Waals surface area contributed by atoms with Gasteiger partial charge in [0, 0.05) is 57.1 Å². The summed E-state index contributed by atoms with van der Waals surface area (Å²) in [6.07, 6.45) is 4.16. The molecular weight excluding hydrogens is 594 g/mol. The molecule has 0 radical (unpaired) electrons. The van der Waals surface area contributed by atoms with Gasteiger partial charge in [-0.15, -0.1) is 0 Å². The van der Waals surface area contributed by atoms with E-state index < -0.39 is 15.6 Å². The molecule has 13 heteroatoms. The van der Waals surface area contributed by atoms with E-state index in [4.69, 9.17) is 14.5 Å². The fourth-order valence-corrected chi connectivity index (χ4v) is 6.46. The molecule has 1 aromatic heterocycles. The van der Waals surface area contributed by atoms with Crippen LogP contribution >= 0.6 is 0 Å². The number of sulfonamides is 1. The number of hydrogen-bond donors (Lipinski definition) is 3. The summed E-state index contributed by atoms with van der Waals surface area (Å²) in [5, 5.41) is 6.10. The molecule has 0 bridgehead atoms.